The Balaban J connectivity index is 0.00000137. The summed E-state index contributed by atoms with van der Waals surface area (Å²) in [6.45, 7) is 12.4. The topological polar surface area (TPSA) is 62.1 Å². The van der Waals surface area contributed by atoms with Gasteiger partial charge in [-0.1, -0.05) is 13.8 Å². The first kappa shape index (κ1) is 17.3. The Morgan fingerprint density at radius 3 is 2.33 bits per heavy atom. The molecular formula is C13H28N2O3. The van der Waals surface area contributed by atoms with Crippen LogP contribution in [0.25, 0.3) is 0 Å². The van der Waals surface area contributed by atoms with E-state index in [4.69, 9.17) is 0 Å². The molecule has 5 heteroatoms. The monoisotopic (exact) mass is 260 g/mol. The molecule has 5 nitrogen and oxygen atoms in total. The van der Waals surface area contributed by atoms with Gasteiger partial charge in [0.2, 0.25) is 0 Å². The van der Waals surface area contributed by atoms with E-state index in [9.17, 15) is 10.1 Å². The minimum Gasteiger partial charge on any atom is -0.364 e. The summed E-state index contributed by atoms with van der Waals surface area (Å²) in [5.74, 6) is 0.268. The van der Waals surface area contributed by atoms with Crippen molar-refractivity contribution in [2.75, 3.05) is 6.61 Å². The Morgan fingerprint density at radius 1 is 1.28 bits per heavy atom. The third-order valence-corrected chi connectivity index (χ3v) is 3.46. The Morgan fingerprint density at radius 2 is 1.83 bits per heavy atom. The molecule has 0 saturated carbocycles. The van der Waals surface area contributed by atoms with Crippen LogP contribution in [0.4, 0.5) is 0 Å². The summed E-state index contributed by atoms with van der Waals surface area (Å²) < 4.78 is 0. The summed E-state index contributed by atoms with van der Waals surface area (Å²) in [5.41, 5.74) is -0.552. The Labute approximate surface area is 110 Å². The van der Waals surface area contributed by atoms with E-state index in [1.807, 2.05) is 41.5 Å². The van der Waals surface area contributed by atoms with E-state index in [2.05, 4.69) is 10.2 Å². The van der Waals surface area contributed by atoms with Crippen LogP contribution in [0.5, 0.6) is 0 Å². The van der Waals surface area contributed by atoms with Crippen LogP contribution < -0.4 is 0 Å². The predicted molar refractivity (Wildman–Crippen MR) is 72.2 cm³/mol. The second kappa shape index (κ2) is 7.04. The molecule has 1 fully saturated rings. The van der Waals surface area contributed by atoms with Crippen molar-refractivity contribution >= 4 is 0 Å². The molecule has 0 spiro atoms. The first-order chi connectivity index (χ1) is 8.29. The number of rotatable bonds is 3. The second-order valence-corrected chi connectivity index (χ2v) is 5.92. The Bertz CT molecular complexity index is 255. The van der Waals surface area contributed by atoms with Gasteiger partial charge in [-0.2, -0.15) is 5.06 Å². The minimum atomic E-state index is -0.309. The van der Waals surface area contributed by atoms with Gasteiger partial charge in [-0.25, -0.2) is 0 Å². The number of hydrogen-bond donors (Lipinski definition) is 1. The maximum atomic E-state index is 10.2. The molecule has 1 aliphatic rings. The first-order valence-electron chi connectivity index (χ1n) is 6.73. The molecule has 1 unspecified atom stereocenters. The van der Waals surface area contributed by atoms with Gasteiger partial charge >= 0.3 is 0 Å². The zero-order chi connectivity index (χ0) is 14.4. The fraction of sp³-hybridized carbons (Fsp3) is 1.00. The van der Waals surface area contributed by atoms with E-state index < -0.39 is 0 Å². The van der Waals surface area contributed by atoms with E-state index in [0.717, 1.165) is 19.3 Å². The van der Waals surface area contributed by atoms with Gasteiger partial charge in [-0.15, -0.1) is 4.91 Å². The molecule has 0 bridgehead atoms. The normalized spacial score (nSPS) is 26.5. The average molecular weight is 260 g/mol. The molecule has 0 aromatic rings. The van der Waals surface area contributed by atoms with Crippen molar-refractivity contribution in [1.29, 1.82) is 0 Å². The van der Waals surface area contributed by atoms with E-state index in [-0.39, 0.29) is 17.0 Å². The summed E-state index contributed by atoms with van der Waals surface area (Å²) in [4.78, 5) is 14.5. The van der Waals surface area contributed by atoms with Gasteiger partial charge in [0, 0.05) is 11.1 Å². The lowest BCUT2D eigenvalue weighted by atomic mass is 9.90. The molecule has 0 aromatic carbocycles. The van der Waals surface area contributed by atoms with Crippen molar-refractivity contribution < 1.29 is 10.0 Å². The molecule has 0 aromatic heterocycles. The number of nitrogens with zero attached hydrogens (tertiary/aromatic N) is 2. The standard InChI is InChI=1S/C11H22N2O3.C2H6/c1-10(2)6-5-9(8-16-12-14)7-11(3,4)13(10)15;1-2/h9,15H,5-8H2,1-4H3;1-2H3. The van der Waals surface area contributed by atoms with Gasteiger partial charge in [0.15, 0.2) is 5.34 Å². The molecule has 108 valence electrons. The molecule has 0 amide bonds. The molecule has 1 rings (SSSR count). The van der Waals surface area contributed by atoms with Crippen molar-refractivity contribution in [2.24, 2.45) is 11.3 Å². The third-order valence-electron chi connectivity index (χ3n) is 3.46. The third kappa shape index (κ3) is 4.53. The van der Waals surface area contributed by atoms with Gasteiger partial charge in [0.1, 0.15) is 6.61 Å². The van der Waals surface area contributed by atoms with Crippen LogP contribution in [0.3, 0.4) is 0 Å². The SMILES string of the molecule is CC.CC1(C)CCC(CON=O)CC(C)(C)N1O. The molecule has 1 aliphatic heterocycles. The number of hydroxylamine groups is 2. The number of hydrogen-bond acceptors (Lipinski definition) is 5. The summed E-state index contributed by atoms with van der Waals surface area (Å²) >= 11 is 0. The second-order valence-electron chi connectivity index (χ2n) is 5.92. The van der Waals surface area contributed by atoms with Gasteiger partial charge < -0.3 is 10.0 Å². The van der Waals surface area contributed by atoms with E-state index in [0.29, 0.717) is 6.61 Å². The summed E-state index contributed by atoms with van der Waals surface area (Å²) in [6.07, 6.45) is 2.60. The van der Waals surface area contributed by atoms with E-state index >= 15 is 0 Å². The highest BCUT2D eigenvalue weighted by Gasteiger charge is 2.41. The molecule has 1 saturated heterocycles. The largest absolute Gasteiger partial charge is 0.364 e. The highest BCUT2D eigenvalue weighted by atomic mass is 16.7. The van der Waals surface area contributed by atoms with Gasteiger partial charge in [0.25, 0.3) is 0 Å². The minimum absolute atomic E-state index is 0.243. The lowest BCUT2D eigenvalue weighted by Crippen LogP contribution is -2.52. The van der Waals surface area contributed by atoms with Gasteiger partial charge in [-0.3, -0.25) is 0 Å². The summed E-state index contributed by atoms with van der Waals surface area (Å²) in [6, 6.07) is 0. The van der Waals surface area contributed by atoms with Crippen LogP contribution in [0.15, 0.2) is 5.34 Å². The lowest BCUT2D eigenvalue weighted by molar-refractivity contribution is -0.222. The van der Waals surface area contributed by atoms with Crippen molar-refractivity contribution in [2.45, 2.75) is 71.9 Å². The van der Waals surface area contributed by atoms with Gasteiger partial charge in [-0.05, 0) is 52.9 Å². The molecule has 1 heterocycles. The lowest BCUT2D eigenvalue weighted by Gasteiger charge is -2.42. The zero-order valence-corrected chi connectivity index (χ0v) is 12.6. The van der Waals surface area contributed by atoms with Gasteiger partial charge in [0.05, 0.1) is 0 Å². The Hall–Kier alpha value is -0.680. The van der Waals surface area contributed by atoms with Crippen LogP contribution in [-0.2, 0) is 4.84 Å². The van der Waals surface area contributed by atoms with Crippen LogP contribution in [-0.4, -0.2) is 28.0 Å². The molecule has 18 heavy (non-hydrogen) atoms. The molecule has 0 aliphatic carbocycles. The molecule has 1 N–H and O–H groups in total. The van der Waals surface area contributed by atoms with Crippen molar-refractivity contribution in [3.8, 4) is 0 Å². The molecular weight excluding hydrogens is 232 g/mol. The van der Waals surface area contributed by atoms with Crippen LogP contribution in [0.2, 0.25) is 0 Å². The van der Waals surface area contributed by atoms with Crippen LogP contribution >= 0.6 is 0 Å². The summed E-state index contributed by atoms with van der Waals surface area (Å²) in [5, 5.41) is 14.1. The maximum absolute atomic E-state index is 10.2. The Kier molecular flexibility index (Phi) is 6.78. The summed E-state index contributed by atoms with van der Waals surface area (Å²) in [7, 11) is 0. The van der Waals surface area contributed by atoms with Crippen LogP contribution in [0, 0.1) is 10.8 Å². The fourth-order valence-corrected chi connectivity index (χ4v) is 2.66. The van der Waals surface area contributed by atoms with Crippen LogP contribution in [0.1, 0.15) is 60.8 Å². The first-order valence-corrected chi connectivity index (χ1v) is 6.73. The molecule has 1 atom stereocenters. The average Bonchev–Trinajstić information content (AvgIpc) is 2.40. The molecule has 0 radical (unpaired) electrons. The van der Waals surface area contributed by atoms with E-state index in [1.54, 1.807) is 0 Å². The highest BCUT2D eigenvalue weighted by molar-refractivity contribution is 4.92. The quantitative estimate of drug-likeness (QED) is 0.620. The van der Waals surface area contributed by atoms with Crippen molar-refractivity contribution in [3.63, 3.8) is 0 Å². The van der Waals surface area contributed by atoms with Crippen molar-refractivity contribution in [1.82, 2.24) is 5.06 Å². The fourth-order valence-electron chi connectivity index (χ4n) is 2.66. The maximum Gasteiger partial charge on any atom is 0.155 e. The smallest absolute Gasteiger partial charge is 0.155 e. The highest BCUT2D eigenvalue weighted by Crippen LogP contribution is 2.37. The van der Waals surface area contributed by atoms with E-state index in [1.165, 1.54) is 5.06 Å². The zero-order valence-electron chi connectivity index (χ0n) is 12.6. The van der Waals surface area contributed by atoms with Crippen molar-refractivity contribution in [3.05, 3.63) is 4.91 Å². The predicted octanol–water partition coefficient (Wildman–Crippen LogP) is 3.76.